The summed E-state index contributed by atoms with van der Waals surface area (Å²) in [5.74, 6) is -1.55. The van der Waals surface area contributed by atoms with E-state index < -0.39 is 18.0 Å². The lowest BCUT2D eigenvalue weighted by atomic mass is 9.96. The molecular formula is C14H16N2O5. The molecule has 21 heavy (non-hydrogen) atoms. The zero-order valence-electron chi connectivity index (χ0n) is 11.6. The molecule has 0 unspecified atom stereocenters. The lowest BCUT2D eigenvalue weighted by molar-refractivity contribution is -0.139. The summed E-state index contributed by atoms with van der Waals surface area (Å²) in [7, 11) is 1.24. The molecule has 1 aromatic rings. The van der Waals surface area contributed by atoms with Crippen molar-refractivity contribution in [2.75, 3.05) is 25.1 Å². The number of rotatable bonds is 3. The summed E-state index contributed by atoms with van der Waals surface area (Å²) in [5.41, 5.74) is 1.42. The number of ether oxygens (including phenoxy) is 1. The van der Waals surface area contributed by atoms with Gasteiger partial charge in [0.1, 0.15) is 6.54 Å². The summed E-state index contributed by atoms with van der Waals surface area (Å²) < 4.78 is 4.46. The number of aromatic carboxylic acids is 1. The normalized spacial score (nSPS) is 13.3. The van der Waals surface area contributed by atoms with Crippen LogP contribution in [0.1, 0.15) is 22.3 Å². The largest absolute Gasteiger partial charge is 0.478 e. The number of fused-ring (bicyclic) bond motifs is 1. The van der Waals surface area contributed by atoms with Crippen molar-refractivity contribution in [2.45, 2.75) is 12.8 Å². The number of hydrogen-bond donors (Lipinski definition) is 2. The van der Waals surface area contributed by atoms with Crippen LogP contribution >= 0.6 is 0 Å². The van der Waals surface area contributed by atoms with Gasteiger partial charge in [-0.2, -0.15) is 0 Å². The van der Waals surface area contributed by atoms with Crippen LogP contribution in [0.25, 0.3) is 0 Å². The summed E-state index contributed by atoms with van der Waals surface area (Å²) in [6, 6.07) is 4.40. The van der Waals surface area contributed by atoms with E-state index in [1.807, 2.05) is 0 Å². The molecular weight excluding hydrogens is 276 g/mol. The van der Waals surface area contributed by atoms with Gasteiger partial charge in [-0.1, -0.05) is 6.07 Å². The molecule has 2 rings (SSSR count). The molecule has 0 saturated carbocycles. The number of carbonyl (C=O) groups is 3. The minimum atomic E-state index is -1.01. The van der Waals surface area contributed by atoms with Crippen molar-refractivity contribution < 1.29 is 24.2 Å². The van der Waals surface area contributed by atoms with Crippen molar-refractivity contribution in [3.05, 3.63) is 29.3 Å². The molecule has 1 aliphatic rings. The molecule has 7 nitrogen and oxygen atoms in total. The number of methoxy groups -OCH3 is 1. The number of nitrogens with one attached hydrogen (secondary N) is 1. The average Bonchev–Trinajstić information content (AvgIpc) is 2.50. The molecule has 1 heterocycles. The lowest BCUT2D eigenvalue weighted by Crippen LogP contribution is -2.44. The molecule has 0 saturated heterocycles. The van der Waals surface area contributed by atoms with Crippen LogP contribution in [0.4, 0.5) is 10.5 Å². The minimum absolute atomic E-state index is 0.206. The number of hydrogen-bond acceptors (Lipinski definition) is 4. The average molecular weight is 292 g/mol. The fourth-order valence-electron chi connectivity index (χ4n) is 2.35. The van der Waals surface area contributed by atoms with Crippen molar-refractivity contribution in [3.8, 4) is 0 Å². The zero-order valence-corrected chi connectivity index (χ0v) is 11.6. The van der Waals surface area contributed by atoms with Crippen molar-refractivity contribution >= 4 is 23.7 Å². The van der Waals surface area contributed by atoms with Crippen LogP contribution in [0, 0.1) is 0 Å². The quantitative estimate of drug-likeness (QED) is 0.811. The standard InChI is InChI=1S/C14H16N2O5/c1-21-12(17)8-15-14(20)16-7-3-5-9-10(13(18)19)4-2-6-11(9)16/h2,4,6H,3,5,7-8H2,1H3,(H,15,20)(H,18,19). The number of esters is 1. The molecule has 0 bridgehead atoms. The van der Waals surface area contributed by atoms with Gasteiger partial charge in [0.2, 0.25) is 0 Å². The Morgan fingerprint density at radius 2 is 2.14 bits per heavy atom. The predicted molar refractivity (Wildman–Crippen MR) is 74.5 cm³/mol. The van der Waals surface area contributed by atoms with Crippen LogP contribution in [0.15, 0.2) is 18.2 Å². The number of nitrogens with zero attached hydrogens (tertiary/aromatic N) is 1. The molecule has 0 fully saturated rings. The highest BCUT2D eigenvalue weighted by molar-refractivity contribution is 5.98. The van der Waals surface area contributed by atoms with E-state index in [1.165, 1.54) is 18.1 Å². The van der Waals surface area contributed by atoms with Crippen molar-refractivity contribution in [3.63, 3.8) is 0 Å². The molecule has 0 aliphatic carbocycles. The summed E-state index contributed by atoms with van der Waals surface area (Å²) in [6.07, 6.45) is 1.28. The molecule has 1 aromatic carbocycles. The Hall–Kier alpha value is -2.57. The zero-order chi connectivity index (χ0) is 15.4. The summed E-state index contributed by atoms with van der Waals surface area (Å²) in [5, 5.41) is 11.7. The third kappa shape index (κ3) is 3.13. The van der Waals surface area contributed by atoms with E-state index in [9.17, 15) is 19.5 Å². The summed E-state index contributed by atoms with van der Waals surface area (Å²) in [6.45, 7) is 0.253. The molecule has 1 aliphatic heterocycles. The number of benzene rings is 1. The van der Waals surface area contributed by atoms with Gasteiger partial charge >= 0.3 is 18.0 Å². The lowest BCUT2D eigenvalue weighted by Gasteiger charge is -2.30. The van der Waals surface area contributed by atoms with Crippen LogP contribution in [-0.2, 0) is 16.0 Å². The SMILES string of the molecule is COC(=O)CNC(=O)N1CCCc2c(C(=O)O)cccc21. The Balaban J connectivity index is 2.22. The van der Waals surface area contributed by atoms with E-state index in [0.29, 0.717) is 30.6 Å². The first-order chi connectivity index (χ1) is 10.0. The molecule has 0 aromatic heterocycles. The number of carboxylic acids is 1. The van der Waals surface area contributed by atoms with Crippen LogP contribution in [0.2, 0.25) is 0 Å². The van der Waals surface area contributed by atoms with E-state index in [1.54, 1.807) is 12.1 Å². The van der Waals surface area contributed by atoms with E-state index in [4.69, 9.17) is 0 Å². The van der Waals surface area contributed by atoms with Gasteiger partial charge in [0.25, 0.3) is 0 Å². The van der Waals surface area contributed by atoms with Crippen molar-refractivity contribution in [1.82, 2.24) is 5.32 Å². The number of amides is 2. The maximum absolute atomic E-state index is 12.1. The number of carboxylic acid groups (broad SMARTS) is 1. The van der Waals surface area contributed by atoms with Crippen molar-refractivity contribution in [1.29, 1.82) is 0 Å². The smallest absolute Gasteiger partial charge is 0.336 e. The molecule has 0 spiro atoms. The highest BCUT2D eigenvalue weighted by Gasteiger charge is 2.26. The van der Waals surface area contributed by atoms with Gasteiger partial charge in [0.15, 0.2) is 0 Å². The van der Waals surface area contributed by atoms with Crippen LogP contribution < -0.4 is 10.2 Å². The van der Waals surface area contributed by atoms with E-state index in [2.05, 4.69) is 10.1 Å². The fourth-order valence-corrected chi connectivity index (χ4v) is 2.35. The van der Waals surface area contributed by atoms with Gasteiger partial charge in [-0.05, 0) is 30.5 Å². The highest BCUT2D eigenvalue weighted by atomic mass is 16.5. The Kier molecular flexibility index (Phi) is 4.42. The van der Waals surface area contributed by atoms with Crippen molar-refractivity contribution in [2.24, 2.45) is 0 Å². The monoisotopic (exact) mass is 292 g/mol. The van der Waals surface area contributed by atoms with Crippen LogP contribution in [-0.4, -0.2) is 43.3 Å². The first kappa shape index (κ1) is 14.8. The molecule has 2 amide bonds. The molecule has 0 radical (unpaired) electrons. The van der Waals surface area contributed by atoms with Gasteiger partial charge in [0.05, 0.1) is 12.7 Å². The van der Waals surface area contributed by atoms with E-state index >= 15 is 0 Å². The number of carbonyl (C=O) groups excluding carboxylic acids is 2. The molecule has 7 heteroatoms. The molecule has 112 valence electrons. The second-order valence-corrected chi connectivity index (χ2v) is 4.60. The molecule has 0 atom stereocenters. The first-order valence-electron chi connectivity index (χ1n) is 6.52. The number of anilines is 1. The third-order valence-corrected chi connectivity index (χ3v) is 3.34. The van der Waals surface area contributed by atoms with E-state index in [-0.39, 0.29) is 12.1 Å². The van der Waals surface area contributed by atoms with Crippen LogP contribution in [0.3, 0.4) is 0 Å². The Labute approximate surface area is 121 Å². The highest BCUT2D eigenvalue weighted by Crippen LogP contribution is 2.29. The van der Waals surface area contributed by atoms with Gasteiger partial charge in [0, 0.05) is 12.2 Å². The Morgan fingerprint density at radius 1 is 1.38 bits per heavy atom. The third-order valence-electron chi connectivity index (χ3n) is 3.34. The van der Waals surface area contributed by atoms with Gasteiger partial charge in [-0.3, -0.25) is 9.69 Å². The fraction of sp³-hybridized carbons (Fsp3) is 0.357. The molecule has 2 N–H and O–H groups in total. The minimum Gasteiger partial charge on any atom is -0.478 e. The van der Waals surface area contributed by atoms with E-state index in [0.717, 1.165) is 0 Å². The topological polar surface area (TPSA) is 95.9 Å². The summed E-state index contributed by atoms with van der Waals surface area (Å²) in [4.78, 5) is 35.9. The van der Waals surface area contributed by atoms with Crippen LogP contribution in [0.5, 0.6) is 0 Å². The maximum Gasteiger partial charge on any atom is 0.336 e. The van der Waals surface area contributed by atoms with Gasteiger partial charge < -0.3 is 15.2 Å². The maximum atomic E-state index is 12.1. The van der Waals surface area contributed by atoms with Gasteiger partial charge in [-0.25, -0.2) is 9.59 Å². The summed E-state index contributed by atoms with van der Waals surface area (Å²) >= 11 is 0. The first-order valence-corrected chi connectivity index (χ1v) is 6.52. The predicted octanol–water partition coefficient (Wildman–Crippen LogP) is 1.02. The Bertz CT molecular complexity index is 585. The second kappa shape index (κ2) is 6.25. The Morgan fingerprint density at radius 3 is 2.81 bits per heavy atom. The number of urea groups is 1. The van der Waals surface area contributed by atoms with Gasteiger partial charge in [-0.15, -0.1) is 0 Å². The second-order valence-electron chi connectivity index (χ2n) is 4.60.